The highest BCUT2D eigenvalue weighted by molar-refractivity contribution is 7.80. The molecule has 0 atom stereocenters. The van der Waals surface area contributed by atoms with Crippen molar-refractivity contribution in [3.8, 4) is 0 Å². The fraction of sp³-hybridized carbons (Fsp3) is 0.208. The van der Waals surface area contributed by atoms with E-state index in [4.69, 9.17) is 12.2 Å². The molecule has 1 saturated heterocycles. The molecule has 0 bridgehead atoms. The Morgan fingerprint density at radius 2 is 1.93 bits per heavy atom. The van der Waals surface area contributed by atoms with E-state index in [1.165, 1.54) is 21.7 Å². The number of benzene rings is 2. The lowest BCUT2D eigenvalue weighted by Crippen LogP contribution is -2.53. The first-order valence-electron chi connectivity index (χ1n) is 9.98. The molecule has 2 heterocycles. The van der Waals surface area contributed by atoms with Crippen molar-refractivity contribution in [1.82, 2.24) is 10.2 Å². The van der Waals surface area contributed by atoms with E-state index in [0.29, 0.717) is 0 Å². The number of carbonyl (C=O) groups excluding carboxylic acids is 2. The number of hydrogen-bond acceptors (Lipinski definition) is 4. The molecule has 5 nitrogen and oxygen atoms in total. The van der Waals surface area contributed by atoms with Crippen LogP contribution in [0.1, 0.15) is 23.1 Å². The topological polar surface area (TPSA) is 52.7 Å². The maximum atomic E-state index is 12.7. The molecule has 0 radical (unpaired) electrons. The summed E-state index contributed by atoms with van der Waals surface area (Å²) < 4.78 is 0. The predicted octanol–water partition coefficient (Wildman–Crippen LogP) is 3.45. The van der Waals surface area contributed by atoms with E-state index in [0.717, 1.165) is 31.5 Å². The van der Waals surface area contributed by atoms with E-state index >= 15 is 0 Å². The molecule has 2 aliphatic heterocycles. The third-order valence-electron chi connectivity index (χ3n) is 5.34. The normalized spacial score (nSPS) is 17.7. The molecule has 0 aliphatic carbocycles. The van der Waals surface area contributed by atoms with Gasteiger partial charge in [-0.2, -0.15) is 0 Å². The van der Waals surface area contributed by atoms with Crippen LogP contribution in [0.3, 0.4) is 0 Å². The first-order valence-corrected chi connectivity index (χ1v) is 10.4. The van der Waals surface area contributed by atoms with Crippen LogP contribution in [0.4, 0.5) is 5.69 Å². The minimum atomic E-state index is -0.464. The third kappa shape index (κ3) is 4.04. The summed E-state index contributed by atoms with van der Waals surface area (Å²) in [4.78, 5) is 28.8. The summed E-state index contributed by atoms with van der Waals surface area (Å²) in [7, 11) is 0. The second-order valence-corrected chi connectivity index (χ2v) is 7.81. The van der Waals surface area contributed by atoms with E-state index in [9.17, 15) is 9.59 Å². The van der Waals surface area contributed by atoms with E-state index in [1.807, 2.05) is 12.1 Å². The second kappa shape index (κ2) is 8.63. The monoisotopic (exact) mass is 417 g/mol. The molecule has 0 saturated carbocycles. The molecule has 6 heteroatoms. The number of aryl methyl sites for hydroxylation is 1. The van der Waals surface area contributed by atoms with Crippen molar-refractivity contribution in [2.24, 2.45) is 0 Å². The van der Waals surface area contributed by atoms with E-state index < -0.39 is 11.8 Å². The van der Waals surface area contributed by atoms with Crippen LogP contribution in [-0.2, 0) is 22.6 Å². The van der Waals surface area contributed by atoms with Gasteiger partial charge in [0.15, 0.2) is 5.11 Å². The van der Waals surface area contributed by atoms with Gasteiger partial charge in [0.05, 0.1) is 0 Å². The summed E-state index contributed by atoms with van der Waals surface area (Å²) in [5.74, 6) is -0.860. The first kappa shape index (κ1) is 20.0. The van der Waals surface area contributed by atoms with Crippen LogP contribution in [0.25, 0.3) is 6.08 Å². The number of fused-ring (bicyclic) bond motifs is 1. The maximum Gasteiger partial charge on any atom is 0.265 e. The number of thiocarbonyl (C=S) groups is 1. The summed E-state index contributed by atoms with van der Waals surface area (Å²) in [6.45, 7) is 5.78. The van der Waals surface area contributed by atoms with Crippen LogP contribution in [0.5, 0.6) is 0 Å². The van der Waals surface area contributed by atoms with Crippen molar-refractivity contribution < 1.29 is 9.59 Å². The lowest BCUT2D eigenvalue weighted by molar-refractivity contribution is -0.128. The quantitative estimate of drug-likeness (QED) is 0.350. The lowest BCUT2D eigenvalue weighted by atomic mass is 9.97. The van der Waals surface area contributed by atoms with Crippen molar-refractivity contribution in [3.05, 3.63) is 83.4 Å². The summed E-state index contributed by atoms with van der Waals surface area (Å²) in [6.07, 6.45) is 5.27. The number of hydrogen-bond donors (Lipinski definition) is 1. The average molecular weight is 418 g/mol. The van der Waals surface area contributed by atoms with Gasteiger partial charge < -0.3 is 4.90 Å². The molecule has 2 aromatic rings. The van der Waals surface area contributed by atoms with Gasteiger partial charge in [-0.3, -0.25) is 19.8 Å². The second-order valence-electron chi connectivity index (χ2n) is 7.42. The van der Waals surface area contributed by atoms with Gasteiger partial charge in [-0.25, -0.2) is 0 Å². The molecule has 1 N–H and O–H groups in total. The lowest BCUT2D eigenvalue weighted by Gasteiger charge is -2.32. The zero-order chi connectivity index (χ0) is 21.1. The van der Waals surface area contributed by atoms with Crippen molar-refractivity contribution in [2.75, 3.05) is 18.0 Å². The Hall–Kier alpha value is -3.25. The van der Waals surface area contributed by atoms with Crippen LogP contribution < -0.4 is 10.2 Å². The molecule has 2 amide bonds. The van der Waals surface area contributed by atoms with Crippen LogP contribution in [0, 0.1) is 0 Å². The Morgan fingerprint density at radius 3 is 2.70 bits per heavy atom. The molecule has 4 rings (SSSR count). The van der Waals surface area contributed by atoms with Gasteiger partial charge in [-0.1, -0.05) is 42.5 Å². The molecule has 0 aromatic heterocycles. The van der Waals surface area contributed by atoms with Gasteiger partial charge in [0.1, 0.15) is 5.57 Å². The van der Waals surface area contributed by atoms with Gasteiger partial charge in [0.2, 0.25) is 0 Å². The third-order valence-corrected chi connectivity index (χ3v) is 5.67. The summed E-state index contributed by atoms with van der Waals surface area (Å²) >= 11 is 5.10. The Bertz CT molecular complexity index is 1050. The highest BCUT2D eigenvalue weighted by Crippen LogP contribution is 2.30. The number of rotatable bonds is 5. The van der Waals surface area contributed by atoms with Crippen LogP contribution in [0.2, 0.25) is 0 Å². The van der Waals surface area contributed by atoms with Crippen molar-refractivity contribution in [3.63, 3.8) is 0 Å². The van der Waals surface area contributed by atoms with E-state index in [1.54, 1.807) is 12.2 Å². The van der Waals surface area contributed by atoms with Crippen LogP contribution >= 0.6 is 12.2 Å². The van der Waals surface area contributed by atoms with Gasteiger partial charge in [0, 0.05) is 25.3 Å². The molecule has 2 aliphatic rings. The Labute approximate surface area is 181 Å². The zero-order valence-corrected chi connectivity index (χ0v) is 17.5. The summed E-state index contributed by atoms with van der Waals surface area (Å²) in [5.41, 5.74) is 4.64. The number of carbonyl (C=O) groups is 2. The SMILES string of the molecule is C=CCN1C(=O)/C(=C/c2ccc3c(c2)CCCN3Cc2ccccc2)C(=O)NC1=S. The number of nitrogens with one attached hydrogen (secondary N) is 1. The Balaban J connectivity index is 1.60. The minimum Gasteiger partial charge on any atom is -0.367 e. The molecule has 2 aromatic carbocycles. The fourth-order valence-corrected chi connectivity index (χ4v) is 4.16. The van der Waals surface area contributed by atoms with E-state index in [-0.39, 0.29) is 17.2 Å². The average Bonchev–Trinajstić information content (AvgIpc) is 2.75. The molecule has 0 spiro atoms. The van der Waals surface area contributed by atoms with Gasteiger partial charge in [-0.15, -0.1) is 6.58 Å². The fourth-order valence-electron chi connectivity index (χ4n) is 3.91. The molecular weight excluding hydrogens is 394 g/mol. The van der Waals surface area contributed by atoms with Crippen molar-refractivity contribution in [1.29, 1.82) is 0 Å². The van der Waals surface area contributed by atoms with Gasteiger partial charge in [-0.05, 0) is 60.0 Å². The molecule has 30 heavy (non-hydrogen) atoms. The van der Waals surface area contributed by atoms with Crippen LogP contribution in [-0.4, -0.2) is 34.9 Å². The predicted molar refractivity (Wildman–Crippen MR) is 123 cm³/mol. The number of amides is 2. The molecule has 1 fully saturated rings. The molecular formula is C24H23N3O2S. The van der Waals surface area contributed by atoms with Gasteiger partial charge in [0.25, 0.3) is 11.8 Å². The summed E-state index contributed by atoms with van der Waals surface area (Å²) in [6, 6.07) is 16.5. The first-order chi connectivity index (χ1) is 14.6. The summed E-state index contributed by atoms with van der Waals surface area (Å²) in [5, 5.41) is 2.70. The zero-order valence-electron chi connectivity index (χ0n) is 16.6. The number of anilines is 1. The maximum absolute atomic E-state index is 12.7. The smallest absolute Gasteiger partial charge is 0.265 e. The highest BCUT2D eigenvalue weighted by atomic mass is 32.1. The Kier molecular flexibility index (Phi) is 5.77. The van der Waals surface area contributed by atoms with Crippen LogP contribution in [0.15, 0.2) is 66.8 Å². The Morgan fingerprint density at radius 1 is 1.13 bits per heavy atom. The molecule has 0 unspecified atom stereocenters. The van der Waals surface area contributed by atoms with Crippen molar-refractivity contribution >= 4 is 40.9 Å². The largest absolute Gasteiger partial charge is 0.367 e. The highest BCUT2D eigenvalue weighted by Gasteiger charge is 2.32. The standard InChI is InChI=1S/C24H23N3O2S/c1-2-12-27-23(29)20(22(28)25-24(27)30)15-18-10-11-21-19(14-18)9-6-13-26(21)16-17-7-4-3-5-8-17/h2-5,7-8,10-11,14-15H,1,6,9,12-13,16H2,(H,25,28,30)/b20-15+. The molecule has 152 valence electrons. The van der Waals surface area contributed by atoms with E-state index in [2.05, 4.69) is 53.2 Å². The van der Waals surface area contributed by atoms with Crippen molar-refractivity contribution in [2.45, 2.75) is 19.4 Å². The number of nitrogens with zero attached hydrogens (tertiary/aromatic N) is 2. The minimum absolute atomic E-state index is 0.0855. The van der Waals surface area contributed by atoms with Gasteiger partial charge >= 0.3 is 0 Å².